The van der Waals surface area contributed by atoms with Gasteiger partial charge in [-0.05, 0) is 45.4 Å². The Morgan fingerprint density at radius 1 is 1.37 bits per heavy atom. The lowest BCUT2D eigenvalue weighted by atomic mass is 9.99. The van der Waals surface area contributed by atoms with E-state index in [1.54, 1.807) is 11.0 Å². The number of ether oxygens (including phenoxy) is 1. The Kier molecular flexibility index (Phi) is 3.47. The molecule has 0 aliphatic carbocycles. The molecule has 1 aromatic carbocycles. The molecule has 0 unspecified atom stereocenters. The summed E-state index contributed by atoms with van der Waals surface area (Å²) in [7, 11) is 0. The number of benzene rings is 1. The highest BCUT2D eigenvalue weighted by Crippen LogP contribution is 2.37. The van der Waals surface area contributed by atoms with Gasteiger partial charge in [0.2, 0.25) is 0 Å². The molecule has 3 nitrogen and oxygen atoms in total. The molecule has 1 heterocycles. The first-order chi connectivity index (χ1) is 8.71. The van der Waals surface area contributed by atoms with Crippen LogP contribution in [0.15, 0.2) is 18.2 Å². The number of carbonyl (C=O) groups excluding carboxylic acids is 1. The highest BCUT2D eigenvalue weighted by Gasteiger charge is 2.44. The Hall–Kier alpha value is -1.29. The molecular weight excluding hydrogens is 269 g/mol. The molecule has 2 atom stereocenters. The predicted molar refractivity (Wildman–Crippen MR) is 71.7 cm³/mol. The smallest absolute Gasteiger partial charge is 0.411 e. The lowest BCUT2D eigenvalue weighted by molar-refractivity contribution is 0.119. The number of carbonyl (C=O) groups is 1. The first-order valence-corrected chi connectivity index (χ1v) is 6.54. The molecule has 0 saturated carbocycles. The van der Waals surface area contributed by atoms with Crippen molar-refractivity contribution >= 4 is 17.7 Å². The van der Waals surface area contributed by atoms with Gasteiger partial charge in [-0.15, -0.1) is 0 Å². The van der Waals surface area contributed by atoms with Crippen molar-refractivity contribution in [3.63, 3.8) is 0 Å². The lowest BCUT2D eigenvalue weighted by Gasteiger charge is -2.33. The van der Waals surface area contributed by atoms with Crippen molar-refractivity contribution < 1.29 is 13.9 Å². The normalized spacial score (nSPS) is 23.7. The number of amides is 1. The molecule has 0 spiro atoms. The Bertz CT molecular complexity index is 513. The van der Waals surface area contributed by atoms with E-state index in [4.69, 9.17) is 16.3 Å². The van der Waals surface area contributed by atoms with E-state index >= 15 is 0 Å². The maximum Gasteiger partial charge on any atom is 0.411 e. The monoisotopic (exact) mass is 285 g/mol. The van der Waals surface area contributed by atoms with E-state index in [1.807, 2.05) is 27.7 Å². The van der Waals surface area contributed by atoms with Crippen LogP contribution in [-0.2, 0) is 4.74 Å². The zero-order chi connectivity index (χ0) is 14.4. The van der Waals surface area contributed by atoms with E-state index in [-0.39, 0.29) is 22.7 Å². The number of halogens is 2. The summed E-state index contributed by atoms with van der Waals surface area (Å²) in [5.74, 6) is -0.477. The fourth-order valence-corrected chi connectivity index (χ4v) is 2.68. The van der Waals surface area contributed by atoms with Crippen molar-refractivity contribution in [2.75, 3.05) is 0 Å². The molecule has 5 heteroatoms. The van der Waals surface area contributed by atoms with Gasteiger partial charge in [0.05, 0.1) is 11.1 Å². The first-order valence-electron chi connectivity index (χ1n) is 6.16. The highest BCUT2D eigenvalue weighted by atomic mass is 35.5. The van der Waals surface area contributed by atoms with E-state index in [2.05, 4.69) is 0 Å². The maximum absolute atomic E-state index is 13.2. The van der Waals surface area contributed by atoms with Gasteiger partial charge in [0, 0.05) is 5.54 Å². The van der Waals surface area contributed by atoms with Gasteiger partial charge >= 0.3 is 6.09 Å². The van der Waals surface area contributed by atoms with E-state index in [0.717, 1.165) is 0 Å². The van der Waals surface area contributed by atoms with E-state index in [9.17, 15) is 9.18 Å². The van der Waals surface area contributed by atoms with E-state index in [0.29, 0.717) is 5.56 Å². The molecule has 2 rings (SSSR count). The second-order valence-electron chi connectivity index (χ2n) is 5.76. The zero-order valence-electron chi connectivity index (χ0n) is 11.4. The fraction of sp³-hybridized carbons (Fsp3) is 0.500. The highest BCUT2D eigenvalue weighted by molar-refractivity contribution is 6.30. The van der Waals surface area contributed by atoms with Crippen LogP contribution >= 0.6 is 11.6 Å². The first kappa shape index (κ1) is 14.1. The van der Waals surface area contributed by atoms with Crippen LogP contribution in [0, 0.1) is 5.82 Å². The van der Waals surface area contributed by atoms with Crippen LogP contribution in [0.2, 0.25) is 5.02 Å². The summed E-state index contributed by atoms with van der Waals surface area (Å²) in [6, 6.07) is 4.27. The molecule has 0 bridgehead atoms. The van der Waals surface area contributed by atoms with Gasteiger partial charge in [-0.25, -0.2) is 9.18 Å². The molecule has 1 amide bonds. The molecule has 19 heavy (non-hydrogen) atoms. The van der Waals surface area contributed by atoms with Gasteiger partial charge in [0.15, 0.2) is 0 Å². The minimum Gasteiger partial charge on any atom is -0.439 e. The number of hydrogen-bond acceptors (Lipinski definition) is 2. The van der Waals surface area contributed by atoms with Crippen LogP contribution in [0.3, 0.4) is 0 Å². The van der Waals surface area contributed by atoms with Crippen molar-refractivity contribution in [2.45, 2.75) is 45.4 Å². The second-order valence-corrected chi connectivity index (χ2v) is 6.17. The third-order valence-corrected chi connectivity index (χ3v) is 3.55. The Morgan fingerprint density at radius 3 is 2.47 bits per heavy atom. The molecule has 1 saturated heterocycles. The van der Waals surface area contributed by atoms with Crippen LogP contribution in [0.25, 0.3) is 0 Å². The van der Waals surface area contributed by atoms with Crippen LogP contribution in [0.4, 0.5) is 9.18 Å². The summed E-state index contributed by atoms with van der Waals surface area (Å²) in [5, 5.41) is 0.0370. The van der Waals surface area contributed by atoms with Crippen LogP contribution in [0.5, 0.6) is 0 Å². The molecule has 0 radical (unpaired) electrons. The number of rotatable bonds is 1. The molecule has 1 aliphatic heterocycles. The summed E-state index contributed by atoms with van der Waals surface area (Å²) < 4.78 is 18.6. The molecule has 0 aromatic heterocycles. The van der Waals surface area contributed by atoms with Crippen LogP contribution in [-0.4, -0.2) is 22.6 Å². The van der Waals surface area contributed by atoms with Gasteiger partial charge in [0.25, 0.3) is 0 Å². The zero-order valence-corrected chi connectivity index (χ0v) is 12.2. The van der Waals surface area contributed by atoms with Gasteiger partial charge in [-0.3, -0.25) is 4.90 Å². The van der Waals surface area contributed by atoms with Crippen molar-refractivity contribution in [3.05, 3.63) is 34.6 Å². The minimum atomic E-state index is -0.477. The third kappa shape index (κ3) is 2.54. The molecular formula is C14H17ClFNO2. The summed E-state index contributed by atoms with van der Waals surface area (Å²) in [6.45, 7) is 7.76. The standard InChI is InChI=1S/C14H17ClFNO2/c1-8-12(9-5-6-11(16)10(15)7-9)19-13(18)17(8)14(2,3)4/h5-8,12H,1-4H3/t8-,12-/m0/s1. The SMILES string of the molecule is C[C@H]1[C@@H](c2ccc(F)c(Cl)c2)OC(=O)N1C(C)(C)C. The average molecular weight is 286 g/mol. The van der Waals surface area contributed by atoms with Crippen LogP contribution in [0.1, 0.15) is 39.4 Å². The van der Waals surface area contributed by atoms with Crippen molar-refractivity contribution in [1.82, 2.24) is 4.90 Å². The molecule has 1 aromatic rings. The molecule has 104 valence electrons. The molecule has 1 fully saturated rings. The minimum absolute atomic E-state index is 0.0370. The molecule has 1 aliphatic rings. The predicted octanol–water partition coefficient (Wildman–Crippen LogP) is 4.16. The summed E-state index contributed by atoms with van der Waals surface area (Å²) in [5.41, 5.74) is 0.383. The van der Waals surface area contributed by atoms with E-state index in [1.165, 1.54) is 12.1 Å². The topological polar surface area (TPSA) is 29.5 Å². The summed E-state index contributed by atoms with van der Waals surface area (Å²) >= 11 is 5.77. The Balaban J connectivity index is 2.33. The lowest BCUT2D eigenvalue weighted by Crippen LogP contribution is -2.46. The summed E-state index contributed by atoms with van der Waals surface area (Å²) in [6.07, 6.45) is -0.782. The number of hydrogen-bond donors (Lipinski definition) is 0. The Morgan fingerprint density at radius 2 is 2.00 bits per heavy atom. The number of nitrogens with zero attached hydrogens (tertiary/aromatic N) is 1. The maximum atomic E-state index is 13.2. The number of cyclic esters (lactones) is 1. The largest absolute Gasteiger partial charge is 0.439 e. The van der Waals surface area contributed by atoms with Crippen molar-refractivity contribution in [3.8, 4) is 0 Å². The van der Waals surface area contributed by atoms with Gasteiger partial charge in [-0.1, -0.05) is 17.7 Å². The fourth-order valence-electron chi connectivity index (χ4n) is 2.49. The van der Waals surface area contributed by atoms with Gasteiger partial charge in [-0.2, -0.15) is 0 Å². The second kappa shape index (κ2) is 4.67. The third-order valence-electron chi connectivity index (χ3n) is 3.26. The van der Waals surface area contributed by atoms with Crippen molar-refractivity contribution in [1.29, 1.82) is 0 Å². The average Bonchev–Trinajstić information content (AvgIpc) is 2.57. The van der Waals surface area contributed by atoms with Gasteiger partial charge in [0.1, 0.15) is 11.9 Å². The van der Waals surface area contributed by atoms with Gasteiger partial charge < -0.3 is 4.74 Å². The molecule has 0 N–H and O–H groups in total. The van der Waals surface area contributed by atoms with Crippen molar-refractivity contribution in [2.24, 2.45) is 0 Å². The van der Waals surface area contributed by atoms with Crippen LogP contribution < -0.4 is 0 Å². The Labute approximate surface area is 117 Å². The summed E-state index contributed by atoms with van der Waals surface area (Å²) in [4.78, 5) is 13.7. The van der Waals surface area contributed by atoms with E-state index < -0.39 is 11.9 Å². The quantitative estimate of drug-likeness (QED) is 0.775.